The van der Waals surface area contributed by atoms with Gasteiger partial charge in [0.25, 0.3) is 5.91 Å². The Balaban J connectivity index is 1.60. The van der Waals surface area contributed by atoms with Gasteiger partial charge in [0.15, 0.2) is 21.5 Å². The number of ether oxygens (including phenoxy) is 3. The Hall–Kier alpha value is -5.36. The van der Waals surface area contributed by atoms with Crippen molar-refractivity contribution in [3.8, 4) is 11.5 Å². The van der Waals surface area contributed by atoms with E-state index < -0.39 is 33.1 Å². The third-order valence-corrected chi connectivity index (χ3v) is 9.89. The molecule has 1 aliphatic heterocycles. The second-order valence-electron chi connectivity index (χ2n) is 11.3. The molecule has 5 rings (SSSR count). The van der Waals surface area contributed by atoms with Crippen molar-refractivity contribution in [2.24, 2.45) is 10.1 Å². The van der Waals surface area contributed by atoms with Crippen molar-refractivity contribution in [2.45, 2.75) is 42.5 Å². The van der Waals surface area contributed by atoms with Crippen LogP contribution >= 0.6 is 0 Å². The molecule has 1 aliphatic rings. The fourth-order valence-corrected chi connectivity index (χ4v) is 6.99. The Morgan fingerprint density at radius 3 is 2.41 bits per heavy atom. The number of carbonyl (C=O) groups is 1. The Kier molecular flexibility index (Phi) is 11.5. The number of benzene rings is 4. The molecule has 1 heterocycles. The molecule has 0 aliphatic carbocycles. The highest BCUT2D eigenvalue weighted by Gasteiger charge is 2.54. The first-order valence-electron chi connectivity index (χ1n) is 15.7. The van der Waals surface area contributed by atoms with Crippen LogP contribution in [0, 0.1) is 0 Å². The number of nitrogens with zero attached hydrogens (tertiary/aromatic N) is 4. The van der Waals surface area contributed by atoms with Gasteiger partial charge in [0.2, 0.25) is 5.90 Å². The van der Waals surface area contributed by atoms with Crippen LogP contribution in [0.5, 0.6) is 11.5 Å². The van der Waals surface area contributed by atoms with Gasteiger partial charge in [0.05, 0.1) is 30.9 Å². The average molecular weight is 684 g/mol. The lowest BCUT2D eigenvalue weighted by Gasteiger charge is -2.31. The van der Waals surface area contributed by atoms with Crippen LogP contribution in [-0.4, -0.2) is 56.9 Å². The molecule has 4 aromatic carbocycles. The van der Waals surface area contributed by atoms with Crippen LogP contribution in [0.1, 0.15) is 41.2 Å². The molecule has 0 saturated heterocycles. The zero-order chi connectivity index (χ0) is 34.7. The lowest BCUT2D eigenvalue weighted by molar-refractivity contribution is -0.129. The van der Waals surface area contributed by atoms with Crippen molar-refractivity contribution < 1.29 is 32.5 Å². The number of aliphatic hydroxyl groups is 1. The topological polar surface area (TPSA) is 172 Å². The predicted octanol–water partition coefficient (Wildman–Crippen LogP) is 5.70. The molecule has 0 saturated carbocycles. The SMILES string of the molecule is COc1ccccc1CNC(=O)[C@]1(CCS(=O)(=O)c2ccccc2)N=C(c2ccc(OCCCO)cc2)O[C@@H]1c1ccccc1CN=[N+]=[N-]. The Morgan fingerprint density at radius 1 is 1.00 bits per heavy atom. The molecule has 0 spiro atoms. The summed E-state index contributed by atoms with van der Waals surface area (Å²) in [5.41, 5.74) is 9.72. The van der Waals surface area contributed by atoms with Gasteiger partial charge >= 0.3 is 0 Å². The Morgan fingerprint density at radius 2 is 1.69 bits per heavy atom. The van der Waals surface area contributed by atoms with Gasteiger partial charge in [-0.05, 0) is 59.1 Å². The summed E-state index contributed by atoms with van der Waals surface area (Å²) < 4.78 is 45.0. The van der Waals surface area contributed by atoms with Crippen LogP contribution in [0.2, 0.25) is 0 Å². The fourth-order valence-electron chi connectivity index (χ4n) is 5.60. The van der Waals surface area contributed by atoms with E-state index in [1.54, 1.807) is 72.8 Å². The molecule has 1 amide bonds. The predicted molar refractivity (Wildman–Crippen MR) is 184 cm³/mol. The number of hydrogen-bond acceptors (Lipinski definition) is 9. The third-order valence-electron chi connectivity index (χ3n) is 8.16. The Labute approximate surface area is 284 Å². The van der Waals surface area contributed by atoms with E-state index in [1.165, 1.54) is 19.2 Å². The van der Waals surface area contributed by atoms with Gasteiger partial charge in [-0.15, -0.1) is 0 Å². The maximum absolute atomic E-state index is 14.6. The average Bonchev–Trinajstić information content (AvgIpc) is 3.54. The molecular formula is C36H37N5O7S. The summed E-state index contributed by atoms with van der Waals surface area (Å²) in [5, 5.41) is 15.8. The molecule has 0 radical (unpaired) electrons. The van der Waals surface area contributed by atoms with Crippen LogP contribution in [0.25, 0.3) is 10.4 Å². The lowest BCUT2D eigenvalue weighted by atomic mass is 9.83. The third kappa shape index (κ3) is 8.21. The smallest absolute Gasteiger partial charge is 0.252 e. The van der Waals surface area contributed by atoms with Crippen molar-refractivity contribution in [2.75, 3.05) is 26.1 Å². The highest BCUT2D eigenvalue weighted by atomic mass is 32.2. The van der Waals surface area contributed by atoms with Crippen molar-refractivity contribution in [3.63, 3.8) is 0 Å². The number of aliphatic imine (C=N–C) groups is 1. The number of para-hydroxylation sites is 1. The maximum atomic E-state index is 14.6. The van der Waals surface area contributed by atoms with E-state index >= 15 is 0 Å². The van der Waals surface area contributed by atoms with Gasteiger partial charge in [-0.1, -0.05) is 65.8 Å². The largest absolute Gasteiger partial charge is 0.496 e. The minimum atomic E-state index is -3.85. The number of nitrogens with one attached hydrogen (secondary N) is 1. The van der Waals surface area contributed by atoms with Crippen molar-refractivity contribution in [1.82, 2.24) is 5.32 Å². The van der Waals surface area contributed by atoms with E-state index in [1.807, 2.05) is 18.2 Å². The van der Waals surface area contributed by atoms with E-state index in [-0.39, 0.29) is 36.9 Å². The zero-order valence-corrected chi connectivity index (χ0v) is 27.8. The molecule has 2 N–H and O–H groups in total. The second-order valence-corrected chi connectivity index (χ2v) is 13.4. The summed E-state index contributed by atoms with van der Waals surface area (Å²) >= 11 is 0. The number of sulfone groups is 1. The Bertz CT molecular complexity index is 1930. The molecule has 0 aromatic heterocycles. The lowest BCUT2D eigenvalue weighted by Crippen LogP contribution is -2.49. The van der Waals surface area contributed by atoms with Crippen LogP contribution in [-0.2, 0) is 32.5 Å². The van der Waals surface area contributed by atoms with Gasteiger partial charge in [0, 0.05) is 42.0 Å². The normalized spacial score (nSPS) is 16.9. The van der Waals surface area contributed by atoms with Gasteiger partial charge in [-0.2, -0.15) is 0 Å². The molecule has 4 aromatic rings. The van der Waals surface area contributed by atoms with Gasteiger partial charge in [-0.3, -0.25) is 4.79 Å². The minimum Gasteiger partial charge on any atom is -0.496 e. The van der Waals surface area contributed by atoms with E-state index in [9.17, 15) is 13.2 Å². The molecule has 12 nitrogen and oxygen atoms in total. The number of rotatable bonds is 16. The number of carbonyl (C=O) groups excluding carboxylic acids is 1. The second kappa shape index (κ2) is 16.2. The standard InChI is InChI=1S/C36H37N5O7S/c1-46-32-15-8-6-11-28(32)24-38-35(43)36(20-23-49(44,45)30-12-3-2-4-13-30)33(31-14-7-5-10-27(31)25-39-41-37)48-34(40-36)26-16-18-29(19-17-26)47-22-9-21-42/h2-8,10-19,33,42H,9,20-25H2,1H3,(H,38,43)/t33-,36-/m1/s1. The van der Waals surface area contributed by atoms with Crippen LogP contribution in [0.15, 0.2) is 118 Å². The van der Waals surface area contributed by atoms with Crippen molar-refractivity contribution in [1.29, 1.82) is 0 Å². The first-order valence-corrected chi connectivity index (χ1v) is 17.3. The molecule has 13 heteroatoms. The molecule has 0 unspecified atom stereocenters. The summed E-state index contributed by atoms with van der Waals surface area (Å²) in [6, 6.07) is 29.3. The van der Waals surface area contributed by atoms with Crippen LogP contribution in [0.3, 0.4) is 0 Å². The van der Waals surface area contributed by atoms with Crippen LogP contribution in [0.4, 0.5) is 0 Å². The molecule has 2 atom stereocenters. The number of azide groups is 1. The van der Waals surface area contributed by atoms with Crippen molar-refractivity contribution in [3.05, 3.63) is 136 Å². The van der Waals surface area contributed by atoms with Gasteiger partial charge in [-0.25, -0.2) is 13.4 Å². The summed E-state index contributed by atoms with van der Waals surface area (Å²) in [5.74, 6) is 0.320. The molecule has 49 heavy (non-hydrogen) atoms. The molecular weight excluding hydrogens is 646 g/mol. The number of methoxy groups -OCH3 is 1. The van der Waals surface area contributed by atoms with E-state index in [0.717, 1.165) is 0 Å². The maximum Gasteiger partial charge on any atom is 0.252 e. The molecule has 0 bridgehead atoms. The summed E-state index contributed by atoms with van der Waals surface area (Å²) in [6.45, 7) is 0.395. The summed E-state index contributed by atoms with van der Waals surface area (Å²) in [6.07, 6.45) is -0.835. The fraction of sp³-hybridized carbons (Fsp3) is 0.278. The van der Waals surface area contributed by atoms with Gasteiger partial charge < -0.3 is 24.6 Å². The highest BCUT2D eigenvalue weighted by molar-refractivity contribution is 7.91. The van der Waals surface area contributed by atoms with E-state index in [0.29, 0.717) is 46.8 Å². The van der Waals surface area contributed by atoms with Crippen molar-refractivity contribution >= 4 is 21.6 Å². The quantitative estimate of drug-likeness (QED) is 0.0659. The number of aliphatic hydroxyl groups excluding tert-OH is 1. The molecule has 254 valence electrons. The zero-order valence-electron chi connectivity index (χ0n) is 26.9. The first kappa shape index (κ1) is 35.0. The molecule has 0 fully saturated rings. The van der Waals surface area contributed by atoms with Crippen LogP contribution < -0.4 is 14.8 Å². The number of hydrogen-bond donors (Lipinski definition) is 2. The summed E-state index contributed by atoms with van der Waals surface area (Å²) in [7, 11) is -2.31. The monoisotopic (exact) mass is 683 g/mol. The highest BCUT2D eigenvalue weighted by Crippen LogP contribution is 2.44. The van der Waals surface area contributed by atoms with E-state index in [2.05, 4.69) is 15.3 Å². The minimum absolute atomic E-state index is 0.00641. The summed E-state index contributed by atoms with van der Waals surface area (Å²) in [4.78, 5) is 22.6. The van der Waals surface area contributed by atoms with Gasteiger partial charge in [0.1, 0.15) is 11.5 Å². The van der Waals surface area contributed by atoms with E-state index in [4.69, 9.17) is 29.8 Å². The number of amides is 1. The first-order chi connectivity index (χ1) is 23.8.